The van der Waals surface area contributed by atoms with Gasteiger partial charge in [0.2, 0.25) is 0 Å². The third-order valence-electron chi connectivity index (χ3n) is 18.5. The maximum atomic E-state index is 13.1. The van der Waals surface area contributed by atoms with Gasteiger partial charge in [-0.15, -0.1) is 0 Å². The Hall–Kier alpha value is -1.94. The van der Waals surface area contributed by atoms with Crippen molar-refractivity contribution < 1.29 is 80.2 Å². The maximum Gasteiger partial charge on any atom is 0.472 e. The number of esters is 4. The number of hydrogen-bond donors (Lipinski definition) is 3. The lowest BCUT2D eigenvalue weighted by atomic mass is 10.0. The number of carbonyl (C=O) groups is 4. The summed E-state index contributed by atoms with van der Waals surface area (Å²) in [6, 6.07) is 0. The van der Waals surface area contributed by atoms with E-state index in [-0.39, 0.29) is 25.7 Å². The van der Waals surface area contributed by atoms with Crippen molar-refractivity contribution in [1.29, 1.82) is 0 Å². The summed E-state index contributed by atoms with van der Waals surface area (Å²) in [7, 11) is -9.92. The first-order chi connectivity index (χ1) is 47.4. The van der Waals surface area contributed by atoms with Gasteiger partial charge in [0.05, 0.1) is 26.4 Å². The molecule has 0 radical (unpaired) electrons. The minimum Gasteiger partial charge on any atom is -0.462 e. The Kier molecular flexibility index (Phi) is 69.3. The molecule has 0 aliphatic rings. The second kappa shape index (κ2) is 70.7. The summed E-state index contributed by atoms with van der Waals surface area (Å²) in [6.07, 6.45) is 59.5. The third-order valence-corrected chi connectivity index (χ3v) is 20.4. The molecule has 0 aromatic carbocycles. The highest BCUT2D eigenvalue weighted by molar-refractivity contribution is 7.47. The van der Waals surface area contributed by atoms with E-state index >= 15 is 0 Å². The number of rotatable bonds is 78. The average Bonchev–Trinajstić information content (AvgIpc) is 1.00. The Morgan fingerprint density at radius 3 is 0.694 bits per heavy atom. The van der Waals surface area contributed by atoms with Gasteiger partial charge >= 0.3 is 39.5 Å². The summed E-state index contributed by atoms with van der Waals surface area (Å²) >= 11 is 0. The highest BCUT2D eigenvalue weighted by atomic mass is 31.2. The summed E-state index contributed by atoms with van der Waals surface area (Å²) in [5, 5.41) is 10.6. The van der Waals surface area contributed by atoms with E-state index in [0.717, 1.165) is 102 Å². The summed E-state index contributed by atoms with van der Waals surface area (Å²) in [4.78, 5) is 73.0. The Balaban J connectivity index is 5.26. The zero-order valence-electron chi connectivity index (χ0n) is 64.1. The van der Waals surface area contributed by atoms with Crippen LogP contribution in [0.1, 0.15) is 414 Å². The van der Waals surface area contributed by atoms with Crippen LogP contribution >= 0.6 is 15.6 Å². The van der Waals surface area contributed by atoms with Crippen molar-refractivity contribution in [2.24, 2.45) is 11.8 Å². The fourth-order valence-corrected chi connectivity index (χ4v) is 13.8. The summed E-state index contributed by atoms with van der Waals surface area (Å²) < 4.78 is 68.7. The quantitative estimate of drug-likeness (QED) is 0.0222. The lowest BCUT2D eigenvalue weighted by molar-refractivity contribution is -0.161. The highest BCUT2D eigenvalue weighted by Crippen LogP contribution is 2.45. The number of phosphoric ester groups is 2. The Bertz CT molecular complexity index is 1890. The van der Waals surface area contributed by atoms with E-state index in [1.165, 1.54) is 231 Å². The van der Waals surface area contributed by atoms with Crippen LogP contribution in [0.25, 0.3) is 0 Å². The van der Waals surface area contributed by atoms with Gasteiger partial charge in [0.15, 0.2) is 12.2 Å². The Morgan fingerprint density at radius 2 is 0.469 bits per heavy atom. The molecule has 0 amide bonds. The average molecular weight is 1440 g/mol. The Labute approximate surface area is 600 Å². The molecule has 19 heteroatoms. The second-order valence-corrected chi connectivity index (χ2v) is 32.3. The predicted molar refractivity (Wildman–Crippen MR) is 400 cm³/mol. The van der Waals surface area contributed by atoms with Gasteiger partial charge in [-0.2, -0.15) is 0 Å². The van der Waals surface area contributed by atoms with E-state index in [1.54, 1.807) is 0 Å². The number of aliphatic hydroxyl groups excluding tert-OH is 1. The van der Waals surface area contributed by atoms with E-state index in [1.807, 2.05) is 0 Å². The molecule has 0 saturated heterocycles. The van der Waals surface area contributed by atoms with E-state index < -0.39 is 97.5 Å². The highest BCUT2D eigenvalue weighted by Gasteiger charge is 2.30. The summed E-state index contributed by atoms with van der Waals surface area (Å²) in [5.74, 6) is -0.557. The normalized spacial score (nSPS) is 13.9. The van der Waals surface area contributed by atoms with Crippen LogP contribution in [0.4, 0.5) is 0 Å². The van der Waals surface area contributed by atoms with Crippen LogP contribution in [0.3, 0.4) is 0 Å². The van der Waals surface area contributed by atoms with E-state index in [4.69, 9.17) is 37.0 Å². The molecule has 582 valence electrons. The molecule has 5 atom stereocenters. The molecule has 0 aliphatic heterocycles. The van der Waals surface area contributed by atoms with Crippen LogP contribution in [0.5, 0.6) is 0 Å². The number of unbranched alkanes of at least 4 members (excludes halogenated alkanes) is 48. The first-order valence-electron chi connectivity index (χ1n) is 41.0. The van der Waals surface area contributed by atoms with Crippen molar-refractivity contribution in [2.45, 2.75) is 432 Å². The van der Waals surface area contributed by atoms with Crippen molar-refractivity contribution in [3.05, 3.63) is 0 Å². The van der Waals surface area contributed by atoms with Gasteiger partial charge in [-0.05, 0) is 37.5 Å². The van der Waals surface area contributed by atoms with Crippen LogP contribution in [-0.2, 0) is 65.4 Å². The molecule has 0 bridgehead atoms. The van der Waals surface area contributed by atoms with Gasteiger partial charge in [0, 0.05) is 25.7 Å². The molecule has 0 heterocycles. The van der Waals surface area contributed by atoms with Crippen LogP contribution in [0.2, 0.25) is 0 Å². The third kappa shape index (κ3) is 72.4. The van der Waals surface area contributed by atoms with Gasteiger partial charge in [0.1, 0.15) is 19.3 Å². The first-order valence-corrected chi connectivity index (χ1v) is 44.0. The largest absolute Gasteiger partial charge is 0.472 e. The van der Waals surface area contributed by atoms with Crippen molar-refractivity contribution in [2.75, 3.05) is 39.6 Å². The number of ether oxygens (including phenoxy) is 4. The standard InChI is InChI=1S/C79H154O17P2/c1-7-9-11-13-15-17-19-21-22-23-26-32-38-44-50-56-62-77(82)90-68-74(95-78(83)63-57-51-45-39-33-27-24-25-29-35-41-47-53-59-71(3)4)69-93-97(85,86)91-65-73(80)66-92-98(87,88)94-70-75(67-89-76(81)61-55-49-43-37-31-20-18-16-14-12-10-8-2)96-79(84)64-58-52-46-40-34-28-30-36-42-48-54-60-72(5)6/h71-75,80H,7-70H2,1-6H3,(H,85,86)(H,87,88)/t73-,74-,75-/m1/s1. The minimum atomic E-state index is -4.96. The van der Waals surface area contributed by atoms with E-state index in [0.29, 0.717) is 25.7 Å². The van der Waals surface area contributed by atoms with Crippen LogP contribution in [-0.4, -0.2) is 96.7 Å². The second-order valence-electron chi connectivity index (χ2n) is 29.4. The van der Waals surface area contributed by atoms with Crippen LogP contribution in [0.15, 0.2) is 0 Å². The number of aliphatic hydroxyl groups is 1. The molecular weight excluding hydrogens is 1280 g/mol. The molecule has 0 aromatic rings. The van der Waals surface area contributed by atoms with E-state index in [2.05, 4.69) is 41.5 Å². The SMILES string of the molecule is CCCCCCCCCCCCCCCCCCC(=O)OC[C@H](COP(=O)(O)OC[C@@H](O)COP(=O)(O)OC[C@@H](COC(=O)CCCCCCCCCCCCCC)OC(=O)CCCCCCCCCCCCCC(C)C)OC(=O)CCCCCCCCCCCCCCCC(C)C. The van der Waals surface area contributed by atoms with Crippen molar-refractivity contribution >= 4 is 39.5 Å². The summed E-state index contributed by atoms with van der Waals surface area (Å²) in [5.41, 5.74) is 0. The topological polar surface area (TPSA) is 237 Å². The molecule has 98 heavy (non-hydrogen) atoms. The van der Waals surface area contributed by atoms with Crippen molar-refractivity contribution in [1.82, 2.24) is 0 Å². The number of carbonyl (C=O) groups excluding carboxylic acids is 4. The monoisotopic (exact) mass is 1440 g/mol. The molecule has 0 spiro atoms. The van der Waals surface area contributed by atoms with E-state index in [9.17, 15) is 43.2 Å². The fourth-order valence-electron chi connectivity index (χ4n) is 12.2. The van der Waals surface area contributed by atoms with Crippen molar-refractivity contribution in [3.8, 4) is 0 Å². The van der Waals surface area contributed by atoms with Crippen LogP contribution in [0, 0.1) is 11.8 Å². The zero-order chi connectivity index (χ0) is 72.1. The van der Waals surface area contributed by atoms with Crippen LogP contribution < -0.4 is 0 Å². The number of phosphoric acid groups is 2. The smallest absolute Gasteiger partial charge is 0.462 e. The minimum absolute atomic E-state index is 0.107. The molecule has 0 saturated carbocycles. The molecule has 2 unspecified atom stereocenters. The molecule has 0 fully saturated rings. The lowest BCUT2D eigenvalue weighted by Gasteiger charge is -2.21. The fraction of sp³-hybridized carbons (Fsp3) is 0.949. The van der Waals surface area contributed by atoms with Crippen molar-refractivity contribution in [3.63, 3.8) is 0 Å². The lowest BCUT2D eigenvalue weighted by Crippen LogP contribution is -2.30. The molecule has 0 aromatic heterocycles. The van der Waals surface area contributed by atoms with Gasteiger partial charge < -0.3 is 33.8 Å². The Morgan fingerprint density at radius 1 is 0.276 bits per heavy atom. The van der Waals surface area contributed by atoms with Gasteiger partial charge in [0.25, 0.3) is 0 Å². The molecule has 0 aliphatic carbocycles. The molecule has 3 N–H and O–H groups in total. The summed E-state index contributed by atoms with van der Waals surface area (Å²) in [6.45, 7) is 9.65. The number of hydrogen-bond acceptors (Lipinski definition) is 15. The zero-order valence-corrected chi connectivity index (χ0v) is 65.9. The van der Waals surface area contributed by atoms with Gasteiger partial charge in [-0.25, -0.2) is 9.13 Å². The molecule has 17 nitrogen and oxygen atoms in total. The first kappa shape index (κ1) is 96.1. The molecule has 0 rings (SSSR count). The maximum absolute atomic E-state index is 13.1. The molecular formula is C79H154O17P2. The predicted octanol–water partition coefficient (Wildman–Crippen LogP) is 23.5. The van der Waals surface area contributed by atoms with Gasteiger partial charge in [-0.3, -0.25) is 37.3 Å². The van der Waals surface area contributed by atoms with Gasteiger partial charge in [-0.1, -0.05) is 363 Å².